The van der Waals surface area contributed by atoms with Gasteiger partial charge in [0.05, 0.1) is 0 Å². The minimum absolute atomic E-state index is 0.0394. The van der Waals surface area contributed by atoms with E-state index in [0.29, 0.717) is 16.9 Å². The molecule has 0 bridgehead atoms. The largest absolute Gasteiger partial charge is 0.426 e. The zero-order valence-corrected chi connectivity index (χ0v) is 13.2. The van der Waals surface area contributed by atoms with Gasteiger partial charge in [0.25, 0.3) is 0 Å². The third-order valence-corrected chi connectivity index (χ3v) is 3.61. The van der Waals surface area contributed by atoms with E-state index in [-0.39, 0.29) is 11.8 Å². The minimum atomic E-state index is -0.376. The van der Waals surface area contributed by atoms with Crippen LogP contribution in [-0.2, 0) is 4.79 Å². The molecule has 0 spiro atoms. The van der Waals surface area contributed by atoms with Crippen molar-refractivity contribution in [2.75, 3.05) is 0 Å². The van der Waals surface area contributed by atoms with E-state index in [4.69, 9.17) is 4.74 Å². The van der Waals surface area contributed by atoms with Crippen LogP contribution in [0.3, 0.4) is 0 Å². The summed E-state index contributed by atoms with van der Waals surface area (Å²) in [6.07, 6.45) is 0. The topological polar surface area (TPSA) is 43.4 Å². The number of carbonyl (C=O) groups excluding carboxylic acids is 2. The Kier molecular flexibility index (Phi) is 4.52. The lowest BCUT2D eigenvalue weighted by Crippen LogP contribution is -2.03. The van der Waals surface area contributed by atoms with Crippen molar-refractivity contribution in [2.45, 2.75) is 6.92 Å². The zero-order valence-electron chi connectivity index (χ0n) is 13.2. The molecular formula is C21H16O3. The predicted octanol–water partition coefficient (Wildman–Crippen LogP) is 4.51. The van der Waals surface area contributed by atoms with E-state index in [1.54, 1.807) is 30.3 Å². The average Bonchev–Trinajstić information content (AvgIpc) is 2.62. The summed E-state index contributed by atoms with van der Waals surface area (Å²) in [5, 5.41) is 0. The molecule has 0 atom stereocenters. The van der Waals surface area contributed by atoms with Gasteiger partial charge in [0.15, 0.2) is 5.78 Å². The first-order chi connectivity index (χ1) is 11.6. The van der Waals surface area contributed by atoms with Gasteiger partial charge in [0.2, 0.25) is 0 Å². The number of esters is 1. The van der Waals surface area contributed by atoms with E-state index in [0.717, 1.165) is 11.1 Å². The second-order valence-electron chi connectivity index (χ2n) is 5.37. The summed E-state index contributed by atoms with van der Waals surface area (Å²) in [6.45, 7) is 1.37. The van der Waals surface area contributed by atoms with E-state index >= 15 is 0 Å². The molecule has 0 saturated heterocycles. The number of ketones is 1. The second-order valence-corrected chi connectivity index (χ2v) is 5.37. The fourth-order valence-corrected chi connectivity index (χ4v) is 2.53. The summed E-state index contributed by atoms with van der Waals surface area (Å²) in [5.74, 6) is 0.0655. The van der Waals surface area contributed by atoms with Crippen molar-refractivity contribution in [1.29, 1.82) is 0 Å². The molecule has 0 unspecified atom stereocenters. The second kappa shape index (κ2) is 6.92. The van der Waals surface area contributed by atoms with Crippen LogP contribution < -0.4 is 4.74 Å². The molecule has 0 heterocycles. The Labute approximate surface area is 140 Å². The molecule has 0 radical (unpaired) electrons. The van der Waals surface area contributed by atoms with Crippen LogP contribution in [0.1, 0.15) is 22.8 Å². The Morgan fingerprint density at radius 2 is 1.42 bits per heavy atom. The summed E-state index contributed by atoms with van der Waals surface area (Å²) in [5.41, 5.74) is 2.84. The minimum Gasteiger partial charge on any atom is -0.426 e. The normalized spacial score (nSPS) is 10.2. The monoisotopic (exact) mass is 316 g/mol. The van der Waals surface area contributed by atoms with Gasteiger partial charge in [-0.25, -0.2) is 0 Å². The number of hydrogen-bond donors (Lipinski definition) is 0. The van der Waals surface area contributed by atoms with Gasteiger partial charge in [0.1, 0.15) is 5.75 Å². The highest BCUT2D eigenvalue weighted by molar-refractivity contribution is 6.09. The fraction of sp³-hybridized carbons (Fsp3) is 0.0476. The third-order valence-electron chi connectivity index (χ3n) is 3.61. The van der Waals surface area contributed by atoms with Crippen molar-refractivity contribution in [3.05, 3.63) is 90.0 Å². The summed E-state index contributed by atoms with van der Waals surface area (Å²) in [7, 11) is 0. The molecule has 3 rings (SSSR count). The van der Waals surface area contributed by atoms with Crippen LogP contribution in [0, 0.1) is 0 Å². The Balaban J connectivity index is 2.00. The molecule has 3 aromatic carbocycles. The van der Waals surface area contributed by atoms with Crippen molar-refractivity contribution in [1.82, 2.24) is 0 Å². The van der Waals surface area contributed by atoms with E-state index in [1.807, 2.05) is 48.5 Å². The van der Waals surface area contributed by atoms with Crippen LogP contribution in [-0.4, -0.2) is 11.8 Å². The molecule has 0 aliphatic heterocycles. The van der Waals surface area contributed by atoms with Crippen molar-refractivity contribution in [2.24, 2.45) is 0 Å². The SMILES string of the molecule is CC(=O)Oc1ccccc1-c1cccc(C(=O)c2ccccc2)c1. The molecule has 3 nitrogen and oxygen atoms in total. The summed E-state index contributed by atoms with van der Waals surface area (Å²) in [6, 6.07) is 23.7. The Hall–Kier alpha value is -3.20. The highest BCUT2D eigenvalue weighted by Crippen LogP contribution is 2.30. The molecule has 0 saturated carbocycles. The first-order valence-electron chi connectivity index (χ1n) is 7.63. The van der Waals surface area contributed by atoms with Gasteiger partial charge in [-0.2, -0.15) is 0 Å². The van der Waals surface area contributed by atoms with Crippen molar-refractivity contribution < 1.29 is 14.3 Å². The molecule has 0 N–H and O–H groups in total. The molecule has 0 aliphatic rings. The molecule has 0 amide bonds. The highest BCUT2D eigenvalue weighted by atomic mass is 16.5. The Morgan fingerprint density at radius 1 is 0.750 bits per heavy atom. The lowest BCUT2D eigenvalue weighted by molar-refractivity contribution is -0.131. The number of para-hydroxylation sites is 1. The summed E-state index contributed by atoms with van der Waals surface area (Å²) in [4.78, 5) is 23.9. The molecule has 3 heteroatoms. The standard InChI is InChI=1S/C21H16O3/c1-15(22)24-20-13-6-5-12-19(20)17-10-7-11-18(14-17)21(23)16-8-3-2-4-9-16/h2-14H,1H3. The van der Waals surface area contributed by atoms with Gasteiger partial charge in [-0.3, -0.25) is 9.59 Å². The molecule has 3 aromatic rings. The van der Waals surface area contributed by atoms with Gasteiger partial charge < -0.3 is 4.74 Å². The van der Waals surface area contributed by atoms with Crippen LogP contribution >= 0.6 is 0 Å². The van der Waals surface area contributed by atoms with E-state index < -0.39 is 0 Å². The van der Waals surface area contributed by atoms with Crippen LogP contribution in [0.2, 0.25) is 0 Å². The van der Waals surface area contributed by atoms with Crippen LogP contribution in [0.15, 0.2) is 78.9 Å². The zero-order chi connectivity index (χ0) is 16.9. The smallest absolute Gasteiger partial charge is 0.308 e. The summed E-state index contributed by atoms with van der Waals surface area (Å²) < 4.78 is 5.26. The Bertz CT molecular complexity index is 882. The predicted molar refractivity (Wildman–Crippen MR) is 93.1 cm³/mol. The molecule has 0 aliphatic carbocycles. The third kappa shape index (κ3) is 3.41. The van der Waals surface area contributed by atoms with E-state index in [1.165, 1.54) is 6.92 Å². The molecule has 118 valence electrons. The van der Waals surface area contributed by atoms with E-state index in [2.05, 4.69) is 0 Å². The van der Waals surface area contributed by atoms with Crippen LogP contribution in [0.5, 0.6) is 5.75 Å². The number of carbonyl (C=O) groups is 2. The maximum absolute atomic E-state index is 12.6. The summed E-state index contributed by atoms with van der Waals surface area (Å²) >= 11 is 0. The molecule has 24 heavy (non-hydrogen) atoms. The van der Waals surface area contributed by atoms with Gasteiger partial charge in [-0.1, -0.05) is 66.7 Å². The van der Waals surface area contributed by atoms with Crippen molar-refractivity contribution in [3.8, 4) is 16.9 Å². The maximum atomic E-state index is 12.6. The quantitative estimate of drug-likeness (QED) is 0.404. The van der Waals surface area contributed by atoms with Gasteiger partial charge in [-0.15, -0.1) is 0 Å². The fourth-order valence-electron chi connectivity index (χ4n) is 2.53. The van der Waals surface area contributed by atoms with Crippen molar-refractivity contribution >= 4 is 11.8 Å². The molecule has 0 fully saturated rings. The number of benzene rings is 3. The lowest BCUT2D eigenvalue weighted by Gasteiger charge is -2.10. The highest BCUT2D eigenvalue weighted by Gasteiger charge is 2.12. The van der Waals surface area contributed by atoms with Gasteiger partial charge >= 0.3 is 5.97 Å². The van der Waals surface area contributed by atoms with Crippen LogP contribution in [0.4, 0.5) is 0 Å². The number of rotatable bonds is 4. The first kappa shape index (κ1) is 15.7. The Morgan fingerprint density at radius 3 is 2.17 bits per heavy atom. The first-order valence-corrected chi connectivity index (χ1v) is 7.63. The molecule has 0 aromatic heterocycles. The van der Waals surface area contributed by atoms with Crippen molar-refractivity contribution in [3.63, 3.8) is 0 Å². The van der Waals surface area contributed by atoms with E-state index in [9.17, 15) is 9.59 Å². The molecular weight excluding hydrogens is 300 g/mol. The number of hydrogen-bond acceptors (Lipinski definition) is 3. The number of ether oxygens (including phenoxy) is 1. The van der Waals surface area contributed by atoms with Gasteiger partial charge in [0, 0.05) is 23.6 Å². The maximum Gasteiger partial charge on any atom is 0.308 e. The average molecular weight is 316 g/mol. The van der Waals surface area contributed by atoms with Gasteiger partial charge in [-0.05, 0) is 17.7 Å². The van der Waals surface area contributed by atoms with Crippen LogP contribution in [0.25, 0.3) is 11.1 Å². The lowest BCUT2D eigenvalue weighted by atomic mass is 9.98.